The molecule has 1 aromatic rings. The van der Waals surface area contributed by atoms with E-state index in [1.54, 1.807) is 24.3 Å². The van der Waals surface area contributed by atoms with Crippen LogP contribution >= 0.6 is 0 Å². The average Bonchev–Trinajstić information content (AvgIpc) is 2.81. The highest BCUT2D eigenvalue weighted by atomic mass is 16.5. The van der Waals surface area contributed by atoms with Gasteiger partial charge in [0, 0.05) is 12.1 Å². The molecule has 0 aromatic heterocycles. The van der Waals surface area contributed by atoms with E-state index in [1.165, 1.54) is 26.4 Å². The molecule has 1 aromatic carbocycles. The summed E-state index contributed by atoms with van der Waals surface area (Å²) in [5, 5.41) is 10.2. The smallest absolute Gasteiger partial charge is 0.296 e. The number of amides is 2. The maximum absolute atomic E-state index is 12.6. The molecule has 5 heteroatoms. The minimum absolute atomic E-state index is 0.0310. The zero-order chi connectivity index (χ0) is 17.5. The fourth-order valence-electron chi connectivity index (χ4n) is 2.91. The number of benzene rings is 1. The first kappa shape index (κ1) is 18.0. The predicted molar refractivity (Wildman–Crippen MR) is 92.6 cm³/mol. The molecule has 1 heterocycles. The van der Waals surface area contributed by atoms with Crippen molar-refractivity contribution < 1.29 is 19.4 Å². The molecule has 0 bridgehead atoms. The van der Waals surface area contributed by atoms with E-state index in [0.717, 1.165) is 24.2 Å². The van der Waals surface area contributed by atoms with Gasteiger partial charge in [0.15, 0.2) is 5.76 Å². The number of hydrogen-bond donors (Lipinski definition) is 1. The summed E-state index contributed by atoms with van der Waals surface area (Å²) >= 11 is 0. The van der Waals surface area contributed by atoms with Crippen molar-refractivity contribution in [3.63, 3.8) is 0 Å². The molecule has 2 amide bonds. The van der Waals surface area contributed by atoms with Crippen LogP contribution in [0.5, 0.6) is 5.75 Å². The number of methoxy groups -OCH3 is 1. The van der Waals surface area contributed by atoms with Crippen molar-refractivity contribution in [2.75, 3.05) is 13.7 Å². The number of rotatable bonds is 9. The molecule has 0 unspecified atom stereocenters. The minimum atomic E-state index is -0.616. The van der Waals surface area contributed by atoms with Crippen LogP contribution in [0, 0.1) is 0 Å². The summed E-state index contributed by atoms with van der Waals surface area (Å²) in [6.07, 6.45) is 6.40. The molecule has 0 atom stereocenters. The van der Waals surface area contributed by atoms with Gasteiger partial charge in [-0.3, -0.25) is 14.5 Å². The normalized spacial score (nSPS) is 14.7. The number of imide groups is 1. The first-order valence-electron chi connectivity index (χ1n) is 8.54. The summed E-state index contributed by atoms with van der Waals surface area (Å²) in [7, 11) is 1.49. The summed E-state index contributed by atoms with van der Waals surface area (Å²) in [6.45, 7) is 2.50. The van der Waals surface area contributed by atoms with Crippen LogP contribution in [0.1, 0.15) is 51.0 Å². The fourth-order valence-corrected chi connectivity index (χ4v) is 2.91. The molecule has 5 nitrogen and oxygen atoms in total. The van der Waals surface area contributed by atoms with Gasteiger partial charge in [-0.25, -0.2) is 0 Å². The van der Waals surface area contributed by atoms with Crippen LogP contribution in [0.2, 0.25) is 0 Å². The van der Waals surface area contributed by atoms with Gasteiger partial charge in [0.05, 0.1) is 12.7 Å². The lowest BCUT2D eigenvalue weighted by molar-refractivity contribution is -0.138. The van der Waals surface area contributed by atoms with Crippen molar-refractivity contribution in [1.82, 2.24) is 4.90 Å². The highest BCUT2D eigenvalue weighted by Crippen LogP contribution is 2.33. The van der Waals surface area contributed by atoms with E-state index in [4.69, 9.17) is 4.74 Å². The van der Waals surface area contributed by atoms with E-state index < -0.39 is 17.6 Å². The molecular weight excluding hydrogens is 306 g/mol. The lowest BCUT2D eigenvalue weighted by Crippen LogP contribution is -2.32. The number of hydrogen-bond acceptors (Lipinski definition) is 4. The van der Waals surface area contributed by atoms with Gasteiger partial charge in [-0.2, -0.15) is 0 Å². The van der Waals surface area contributed by atoms with Gasteiger partial charge in [-0.1, -0.05) is 57.2 Å². The summed E-state index contributed by atoms with van der Waals surface area (Å²) in [4.78, 5) is 26.0. The number of unbranched alkanes of at least 4 members (excludes halogenated alkanes) is 5. The highest BCUT2D eigenvalue weighted by Gasteiger charge is 2.39. The second-order valence-electron chi connectivity index (χ2n) is 5.95. The lowest BCUT2D eigenvalue weighted by atomic mass is 10.0. The van der Waals surface area contributed by atoms with E-state index in [2.05, 4.69) is 6.92 Å². The van der Waals surface area contributed by atoms with Gasteiger partial charge in [0.1, 0.15) is 5.75 Å². The fraction of sp³-hybridized carbons (Fsp3) is 0.474. The number of nitrogens with zero attached hydrogens (tertiary/aromatic N) is 1. The summed E-state index contributed by atoms with van der Waals surface area (Å²) in [6, 6.07) is 6.88. The zero-order valence-electron chi connectivity index (χ0n) is 14.4. The number of carbonyl (C=O) groups is 2. The minimum Gasteiger partial charge on any atom is -0.502 e. The maximum Gasteiger partial charge on any atom is 0.296 e. The standard InChI is InChI=1S/C19H25NO4/c1-3-4-5-6-7-10-13-20-18(22)16(17(21)19(20)23)14-11-8-9-12-15(14)24-2/h8-9,11-12,21H,3-7,10,13H2,1-2H3. The Hall–Kier alpha value is -2.30. The molecule has 1 aliphatic heterocycles. The van der Waals surface area contributed by atoms with Gasteiger partial charge >= 0.3 is 0 Å². The number of para-hydroxylation sites is 1. The topological polar surface area (TPSA) is 66.8 Å². The molecule has 2 rings (SSSR count). The van der Waals surface area contributed by atoms with Crippen LogP contribution in [-0.2, 0) is 9.59 Å². The highest BCUT2D eigenvalue weighted by molar-refractivity contribution is 6.35. The monoisotopic (exact) mass is 331 g/mol. The third kappa shape index (κ3) is 3.78. The molecule has 1 aliphatic rings. The average molecular weight is 331 g/mol. The zero-order valence-corrected chi connectivity index (χ0v) is 14.4. The quantitative estimate of drug-likeness (QED) is 0.553. The molecule has 0 fully saturated rings. The van der Waals surface area contributed by atoms with Crippen molar-refractivity contribution in [1.29, 1.82) is 0 Å². The third-order valence-corrected chi connectivity index (χ3v) is 4.26. The van der Waals surface area contributed by atoms with Crippen LogP contribution in [0.3, 0.4) is 0 Å². The van der Waals surface area contributed by atoms with E-state index in [0.29, 0.717) is 17.9 Å². The second kappa shape index (κ2) is 8.52. The first-order valence-corrected chi connectivity index (χ1v) is 8.54. The summed E-state index contributed by atoms with van der Waals surface area (Å²) < 4.78 is 5.23. The van der Waals surface area contributed by atoms with Crippen LogP contribution in [0.25, 0.3) is 5.57 Å². The predicted octanol–water partition coefficient (Wildman–Crippen LogP) is 3.69. The van der Waals surface area contributed by atoms with Crippen molar-refractivity contribution in [3.05, 3.63) is 35.6 Å². The van der Waals surface area contributed by atoms with Gasteiger partial charge in [0.25, 0.3) is 11.8 Å². The lowest BCUT2D eigenvalue weighted by Gasteiger charge is -2.14. The molecule has 0 spiro atoms. The Morgan fingerprint density at radius 3 is 2.38 bits per heavy atom. The molecule has 130 valence electrons. The SMILES string of the molecule is CCCCCCCCN1C(=O)C(O)=C(c2ccccc2OC)C1=O. The van der Waals surface area contributed by atoms with Crippen molar-refractivity contribution in [3.8, 4) is 5.75 Å². The molecular formula is C19H25NO4. The van der Waals surface area contributed by atoms with E-state index in [1.807, 2.05) is 0 Å². The number of aliphatic hydroxyl groups is 1. The van der Waals surface area contributed by atoms with E-state index >= 15 is 0 Å². The van der Waals surface area contributed by atoms with Gasteiger partial charge < -0.3 is 9.84 Å². The van der Waals surface area contributed by atoms with Gasteiger partial charge in [-0.15, -0.1) is 0 Å². The number of carbonyl (C=O) groups excluding carboxylic acids is 2. The molecule has 0 saturated heterocycles. The largest absolute Gasteiger partial charge is 0.502 e. The summed E-state index contributed by atoms with van der Waals surface area (Å²) in [5.74, 6) is -1.10. The Morgan fingerprint density at radius 2 is 1.67 bits per heavy atom. The van der Waals surface area contributed by atoms with Crippen LogP contribution in [0.4, 0.5) is 0 Å². The van der Waals surface area contributed by atoms with Crippen molar-refractivity contribution in [2.24, 2.45) is 0 Å². The van der Waals surface area contributed by atoms with E-state index in [9.17, 15) is 14.7 Å². The van der Waals surface area contributed by atoms with Crippen LogP contribution in [0.15, 0.2) is 30.0 Å². The Balaban J connectivity index is 2.05. The van der Waals surface area contributed by atoms with Crippen molar-refractivity contribution >= 4 is 17.4 Å². The van der Waals surface area contributed by atoms with Crippen LogP contribution < -0.4 is 4.74 Å². The van der Waals surface area contributed by atoms with Gasteiger partial charge in [-0.05, 0) is 12.5 Å². The third-order valence-electron chi connectivity index (χ3n) is 4.26. The molecule has 0 radical (unpaired) electrons. The second-order valence-corrected chi connectivity index (χ2v) is 5.95. The molecule has 24 heavy (non-hydrogen) atoms. The molecule has 0 saturated carbocycles. The Kier molecular flexibility index (Phi) is 6.41. The van der Waals surface area contributed by atoms with Gasteiger partial charge in [0.2, 0.25) is 0 Å². The van der Waals surface area contributed by atoms with Crippen molar-refractivity contribution in [2.45, 2.75) is 45.4 Å². The molecule has 0 aliphatic carbocycles. The Labute approximate surface area is 142 Å². The number of ether oxygens (including phenoxy) is 1. The van der Waals surface area contributed by atoms with Crippen LogP contribution in [-0.4, -0.2) is 35.5 Å². The number of aliphatic hydroxyl groups excluding tert-OH is 1. The maximum atomic E-state index is 12.6. The van der Waals surface area contributed by atoms with E-state index in [-0.39, 0.29) is 5.57 Å². The Morgan fingerprint density at radius 1 is 1.00 bits per heavy atom. The Bertz CT molecular complexity index is 636. The summed E-state index contributed by atoms with van der Waals surface area (Å²) in [5.41, 5.74) is 0.477. The molecule has 1 N–H and O–H groups in total. The first-order chi connectivity index (χ1) is 11.6.